The number of quaternary nitrogens is 1. The molecule has 1 saturated heterocycles. The topological polar surface area (TPSA) is 73.3 Å². The van der Waals surface area contributed by atoms with Crippen molar-refractivity contribution in [3.05, 3.63) is 65.9 Å². The van der Waals surface area contributed by atoms with Crippen molar-refractivity contribution in [2.45, 2.75) is 37.7 Å². The van der Waals surface area contributed by atoms with Gasteiger partial charge in [-0.05, 0) is 62.6 Å². The Morgan fingerprint density at radius 1 is 1.03 bits per heavy atom. The van der Waals surface area contributed by atoms with E-state index >= 15 is 0 Å². The van der Waals surface area contributed by atoms with Crippen LogP contribution in [0.5, 0.6) is 5.75 Å². The number of rotatable bonds is 6. The van der Waals surface area contributed by atoms with Crippen LogP contribution in [0.1, 0.15) is 30.5 Å². The van der Waals surface area contributed by atoms with Gasteiger partial charge in [0.2, 0.25) is 0 Å². The Balaban J connectivity index is 1.54. The van der Waals surface area contributed by atoms with E-state index < -0.39 is 13.9 Å². The highest BCUT2D eigenvalue weighted by atomic mass is 32.2. The third kappa shape index (κ3) is 3.70. The number of aryl methyl sites for hydroxylation is 1. The molecule has 2 aromatic carbocycles. The highest BCUT2D eigenvalue weighted by Gasteiger charge is 2.44. The molecule has 0 aliphatic carbocycles. The molecule has 30 heavy (non-hydrogen) atoms. The van der Waals surface area contributed by atoms with Crippen molar-refractivity contribution < 1.29 is 21.8 Å². The van der Waals surface area contributed by atoms with Gasteiger partial charge in [0.25, 0.3) is 0 Å². The fourth-order valence-corrected chi connectivity index (χ4v) is 5.80. The van der Waals surface area contributed by atoms with E-state index in [1.165, 1.54) is 12.1 Å². The third-order valence-electron chi connectivity index (χ3n) is 5.69. The second-order valence-electron chi connectivity index (χ2n) is 7.74. The summed E-state index contributed by atoms with van der Waals surface area (Å²) in [6, 6.07) is 16.2. The summed E-state index contributed by atoms with van der Waals surface area (Å²) in [5, 5.41) is 1.03. The van der Waals surface area contributed by atoms with Crippen LogP contribution in [0.2, 0.25) is 0 Å². The van der Waals surface area contributed by atoms with E-state index in [9.17, 15) is 13.2 Å². The molecule has 0 unspecified atom stereocenters. The summed E-state index contributed by atoms with van der Waals surface area (Å²) in [6.45, 7) is 2.96. The zero-order chi connectivity index (χ0) is 21.2. The van der Waals surface area contributed by atoms with Gasteiger partial charge in [0.1, 0.15) is 30.3 Å². The van der Waals surface area contributed by atoms with Gasteiger partial charge in [0, 0.05) is 16.6 Å². The smallest absolute Gasteiger partial charge is 0.334 e. The number of hydrogen-bond acceptors (Lipinski definition) is 5. The Bertz CT molecular complexity index is 1170. The summed E-state index contributed by atoms with van der Waals surface area (Å²) in [7, 11) is -3.79. The maximum absolute atomic E-state index is 13.1. The molecule has 7 heteroatoms. The minimum absolute atomic E-state index is 0.147. The van der Waals surface area contributed by atoms with Crippen LogP contribution >= 0.6 is 0 Å². The van der Waals surface area contributed by atoms with E-state index in [4.69, 9.17) is 4.74 Å². The molecule has 156 valence electrons. The lowest BCUT2D eigenvalue weighted by molar-refractivity contribution is -0.724. The first-order valence-corrected chi connectivity index (χ1v) is 11.6. The van der Waals surface area contributed by atoms with Crippen LogP contribution < -0.4 is 4.74 Å². The maximum atomic E-state index is 13.1. The van der Waals surface area contributed by atoms with Crippen molar-refractivity contribution in [3.8, 4) is 5.75 Å². The molecule has 1 amide bonds. The number of amides is 1. The molecule has 1 fully saturated rings. The van der Waals surface area contributed by atoms with Gasteiger partial charge in [-0.3, -0.25) is 4.98 Å². The van der Waals surface area contributed by atoms with E-state index in [0.29, 0.717) is 31.9 Å². The maximum Gasteiger partial charge on any atom is 0.334 e. The number of carbonyl (C=O) groups excluding carboxylic acids is 1. The number of carbonyl (C=O) groups is 1. The lowest BCUT2D eigenvalue weighted by Gasteiger charge is -2.33. The van der Waals surface area contributed by atoms with Crippen molar-refractivity contribution in [1.29, 1.82) is 0 Å². The number of ether oxygens (including phenoxy) is 1. The number of fused-ring (bicyclic) bond motifs is 1. The molecule has 0 saturated carbocycles. The normalized spacial score (nSPS) is 16.3. The summed E-state index contributed by atoms with van der Waals surface area (Å²) in [6.07, 6.45) is 3.01. The van der Waals surface area contributed by atoms with Crippen molar-refractivity contribution in [2.75, 3.05) is 13.1 Å². The van der Waals surface area contributed by atoms with Gasteiger partial charge in [-0.15, -0.1) is 0 Å². The average Bonchev–Trinajstić information content (AvgIpc) is 2.78. The fraction of sp³-hybridized carbons (Fsp3) is 0.304. The standard InChI is InChI=1S/C23H25N2O4S/c1-18-15-19(22-7-3-4-8-23(22)24-18)16-29-20-9-11-21(12-10-20)30(27,28)25(17-26)13-5-2-6-14-25/h3-4,7-12,15,17H,2,5-6,13-14,16H2,1H3/q+1. The quantitative estimate of drug-likeness (QED) is 0.441. The van der Waals surface area contributed by atoms with Crippen LogP contribution in [0.15, 0.2) is 59.5 Å². The summed E-state index contributed by atoms with van der Waals surface area (Å²) in [5.41, 5.74) is 2.86. The molecule has 2 heterocycles. The van der Waals surface area contributed by atoms with Crippen LogP contribution in [0.3, 0.4) is 0 Å². The molecule has 1 aromatic heterocycles. The lowest BCUT2D eigenvalue weighted by atomic mass is 10.1. The Hall–Kier alpha value is -2.77. The first kappa shape index (κ1) is 20.5. The van der Waals surface area contributed by atoms with Crippen LogP contribution in [0.25, 0.3) is 10.9 Å². The van der Waals surface area contributed by atoms with Gasteiger partial charge in [0.15, 0.2) is 0 Å². The van der Waals surface area contributed by atoms with Gasteiger partial charge in [-0.25, -0.2) is 4.79 Å². The number of piperidine rings is 1. The number of para-hydroxylation sites is 1. The summed E-state index contributed by atoms with van der Waals surface area (Å²) in [4.78, 5) is 16.4. The second-order valence-corrected chi connectivity index (χ2v) is 9.89. The minimum Gasteiger partial charge on any atom is -0.489 e. The minimum atomic E-state index is -3.79. The largest absolute Gasteiger partial charge is 0.489 e. The van der Waals surface area contributed by atoms with Gasteiger partial charge in [0.05, 0.1) is 5.52 Å². The predicted octanol–water partition coefficient (Wildman–Crippen LogP) is 3.97. The number of benzene rings is 2. The molecule has 4 rings (SSSR count). The van der Waals surface area contributed by atoms with Gasteiger partial charge >= 0.3 is 16.4 Å². The van der Waals surface area contributed by atoms with Gasteiger partial charge < -0.3 is 4.74 Å². The Labute approximate surface area is 176 Å². The summed E-state index contributed by atoms with van der Waals surface area (Å²) in [5.74, 6) is 0.573. The predicted molar refractivity (Wildman–Crippen MR) is 114 cm³/mol. The van der Waals surface area contributed by atoms with Crippen LogP contribution in [-0.2, 0) is 21.4 Å². The number of likely N-dealkylation sites (tertiary alicyclic amines) is 1. The molecule has 0 N–H and O–H groups in total. The Morgan fingerprint density at radius 3 is 2.43 bits per heavy atom. The van der Waals surface area contributed by atoms with E-state index in [2.05, 4.69) is 4.98 Å². The van der Waals surface area contributed by atoms with Crippen molar-refractivity contribution >= 4 is 27.3 Å². The van der Waals surface area contributed by atoms with Crippen molar-refractivity contribution in [3.63, 3.8) is 0 Å². The molecular formula is C23H25N2O4S+. The van der Waals surface area contributed by atoms with Crippen molar-refractivity contribution in [2.24, 2.45) is 0 Å². The summed E-state index contributed by atoms with van der Waals surface area (Å²) >= 11 is 0. The number of nitrogens with zero attached hydrogens (tertiary/aromatic N) is 2. The second kappa shape index (κ2) is 8.16. The Kier molecular flexibility index (Phi) is 5.58. The van der Waals surface area contributed by atoms with E-state index in [1.54, 1.807) is 12.1 Å². The van der Waals surface area contributed by atoms with E-state index in [0.717, 1.165) is 41.4 Å². The van der Waals surface area contributed by atoms with Crippen LogP contribution in [-0.4, -0.2) is 36.8 Å². The molecule has 6 nitrogen and oxygen atoms in total. The molecule has 1 aliphatic heterocycles. The number of sulfonamides is 1. The number of hydrogen-bond donors (Lipinski definition) is 0. The summed E-state index contributed by atoms with van der Waals surface area (Å²) < 4.78 is 31.6. The number of pyridine rings is 1. The molecular weight excluding hydrogens is 400 g/mol. The monoisotopic (exact) mass is 425 g/mol. The van der Waals surface area contributed by atoms with E-state index in [-0.39, 0.29) is 4.90 Å². The zero-order valence-corrected chi connectivity index (χ0v) is 17.8. The van der Waals surface area contributed by atoms with Crippen LogP contribution in [0, 0.1) is 6.92 Å². The average molecular weight is 426 g/mol. The van der Waals surface area contributed by atoms with Gasteiger partial charge in [-0.1, -0.05) is 18.2 Å². The Morgan fingerprint density at radius 2 is 1.73 bits per heavy atom. The highest BCUT2D eigenvalue weighted by Crippen LogP contribution is 2.29. The van der Waals surface area contributed by atoms with Gasteiger partial charge in [-0.2, -0.15) is 12.3 Å². The van der Waals surface area contributed by atoms with Crippen molar-refractivity contribution in [1.82, 2.24) is 4.98 Å². The van der Waals surface area contributed by atoms with E-state index in [1.807, 2.05) is 37.3 Å². The SMILES string of the molecule is Cc1cc(COc2ccc(S(=O)(=O)[N+]3(C=O)CCCCC3)cc2)c2ccccc2n1. The highest BCUT2D eigenvalue weighted by molar-refractivity contribution is 7.86. The zero-order valence-electron chi connectivity index (χ0n) is 17.0. The first-order chi connectivity index (χ1) is 14.4. The molecule has 1 aliphatic rings. The molecule has 0 atom stereocenters. The van der Waals surface area contributed by atoms with Crippen LogP contribution in [0.4, 0.5) is 0 Å². The third-order valence-corrected chi connectivity index (χ3v) is 7.97. The number of aromatic nitrogens is 1. The molecule has 3 aromatic rings. The fourth-order valence-electron chi connectivity index (χ4n) is 4.04. The first-order valence-electron chi connectivity index (χ1n) is 10.1. The molecule has 0 radical (unpaired) electrons. The molecule has 0 spiro atoms. The molecule has 0 bridgehead atoms. The lowest BCUT2D eigenvalue weighted by Crippen LogP contribution is -2.54.